The van der Waals surface area contributed by atoms with Crippen LogP contribution in [0.3, 0.4) is 0 Å². The van der Waals surface area contributed by atoms with Crippen LogP contribution in [0, 0.1) is 6.92 Å². The Kier molecular flexibility index (Phi) is 5.25. The third-order valence-electron chi connectivity index (χ3n) is 5.18. The van der Waals surface area contributed by atoms with Gasteiger partial charge in [0.2, 0.25) is 6.10 Å². The maximum atomic E-state index is 12.6. The molecule has 0 radical (unpaired) electrons. The summed E-state index contributed by atoms with van der Waals surface area (Å²) < 4.78 is 13.2. The molecule has 1 amide bonds. The molecule has 0 fully saturated rings. The first-order valence-corrected chi connectivity index (χ1v) is 10.4. The SMILES string of the molecule is Cc1nn(-c2ccccc2)c(Cl)c1/C=N/NC(=O)[C@H]1COc2cc3ccccc3cc2O1. The number of hydrogen-bond donors (Lipinski definition) is 1. The van der Waals surface area contributed by atoms with Crippen LogP contribution in [0.15, 0.2) is 71.8 Å². The number of benzene rings is 3. The van der Waals surface area contributed by atoms with Gasteiger partial charge in [-0.25, -0.2) is 10.1 Å². The molecule has 0 saturated heterocycles. The van der Waals surface area contributed by atoms with Crippen molar-refractivity contribution in [1.82, 2.24) is 15.2 Å². The largest absolute Gasteiger partial charge is 0.485 e. The van der Waals surface area contributed by atoms with Gasteiger partial charge >= 0.3 is 0 Å². The van der Waals surface area contributed by atoms with Crippen molar-refractivity contribution in [2.45, 2.75) is 13.0 Å². The number of hydrogen-bond acceptors (Lipinski definition) is 5. The zero-order valence-corrected chi connectivity index (χ0v) is 17.9. The predicted octanol–water partition coefficient (Wildman–Crippen LogP) is 4.28. The molecule has 0 unspecified atom stereocenters. The van der Waals surface area contributed by atoms with Crippen LogP contribution >= 0.6 is 11.6 Å². The average molecular weight is 447 g/mol. The summed E-state index contributed by atoms with van der Waals surface area (Å²) in [6.07, 6.45) is 0.664. The topological polar surface area (TPSA) is 77.7 Å². The van der Waals surface area contributed by atoms with Gasteiger partial charge < -0.3 is 9.47 Å². The van der Waals surface area contributed by atoms with Gasteiger partial charge in [-0.1, -0.05) is 54.1 Å². The maximum Gasteiger partial charge on any atom is 0.284 e. The number of para-hydroxylation sites is 1. The van der Waals surface area contributed by atoms with E-state index in [4.69, 9.17) is 21.1 Å². The summed E-state index contributed by atoms with van der Waals surface area (Å²) in [7, 11) is 0. The summed E-state index contributed by atoms with van der Waals surface area (Å²) in [5, 5.41) is 11.0. The Morgan fingerprint density at radius 2 is 1.81 bits per heavy atom. The minimum Gasteiger partial charge on any atom is -0.485 e. The number of nitrogens with one attached hydrogen (secondary N) is 1. The number of rotatable bonds is 4. The quantitative estimate of drug-likeness (QED) is 0.375. The molecule has 1 atom stereocenters. The van der Waals surface area contributed by atoms with E-state index in [2.05, 4.69) is 15.6 Å². The first kappa shape index (κ1) is 20.1. The molecule has 5 rings (SSSR count). The lowest BCUT2D eigenvalue weighted by atomic mass is 10.1. The molecule has 2 heterocycles. The van der Waals surface area contributed by atoms with Crippen LogP contribution in [0.4, 0.5) is 0 Å². The van der Waals surface area contributed by atoms with Gasteiger partial charge in [0.05, 0.1) is 23.2 Å². The fourth-order valence-corrected chi connectivity index (χ4v) is 3.84. The van der Waals surface area contributed by atoms with Crippen LogP contribution in [0.5, 0.6) is 11.5 Å². The van der Waals surface area contributed by atoms with Crippen molar-refractivity contribution < 1.29 is 14.3 Å². The zero-order valence-electron chi connectivity index (χ0n) is 17.2. The number of fused-ring (bicyclic) bond motifs is 2. The van der Waals surface area contributed by atoms with Crippen molar-refractivity contribution in [3.8, 4) is 17.2 Å². The van der Waals surface area contributed by atoms with Gasteiger partial charge in [0, 0.05) is 0 Å². The van der Waals surface area contributed by atoms with Gasteiger partial charge in [0.15, 0.2) is 11.5 Å². The summed E-state index contributed by atoms with van der Waals surface area (Å²) >= 11 is 6.48. The fraction of sp³-hybridized carbons (Fsp3) is 0.125. The second-order valence-electron chi connectivity index (χ2n) is 7.34. The molecular formula is C24H19ClN4O3. The number of aryl methyl sites for hydroxylation is 1. The highest BCUT2D eigenvalue weighted by molar-refractivity contribution is 6.32. The van der Waals surface area contributed by atoms with E-state index < -0.39 is 12.0 Å². The summed E-state index contributed by atoms with van der Waals surface area (Å²) in [6, 6.07) is 21.2. The molecular weight excluding hydrogens is 428 g/mol. The Balaban J connectivity index is 1.28. The molecule has 160 valence electrons. The molecule has 1 aliphatic rings. The molecule has 1 N–H and O–H groups in total. The van der Waals surface area contributed by atoms with Gasteiger partial charge in [-0.3, -0.25) is 4.79 Å². The highest BCUT2D eigenvalue weighted by Gasteiger charge is 2.27. The summed E-state index contributed by atoms with van der Waals surface area (Å²) in [6.45, 7) is 1.92. The van der Waals surface area contributed by atoms with Crippen LogP contribution < -0.4 is 14.9 Å². The minimum absolute atomic E-state index is 0.0957. The van der Waals surface area contributed by atoms with Gasteiger partial charge in [-0.15, -0.1) is 0 Å². The Hall–Kier alpha value is -3.84. The zero-order chi connectivity index (χ0) is 22.1. The molecule has 0 bridgehead atoms. The van der Waals surface area contributed by atoms with E-state index in [0.717, 1.165) is 16.5 Å². The molecule has 4 aromatic rings. The predicted molar refractivity (Wildman–Crippen MR) is 123 cm³/mol. The van der Waals surface area contributed by atoms with Crippen molar-refractivity contribution in [3.05, 3.63) is 83.1 Å². The minimum atomic E-state index is -0.815. The van der Waals surface area contributed by atoms with E-state index in [-0.39, 0.29) is 6.61 Å². The highest BCUT2D eigenvalue weighted by atomic mass is 35.5. The third kappa shape index (κ3) is 3.78. The van der Waals surface area contributed by atoms with Crippen molar-refractivity contribution >= 4 is 34.5 Å². The monoisotopic (exact) mass is 446 g/mol. The fourth-order valence-electron chi connectivity index (χ4n) is 3.52. The number of hydrazone groups is 1. The lowest BCUT2D eigenvalue weighted by molar-refractivity contribution is -0.130. The van der Waals surface area contributed by atoms with Crippen molar-refractivity contribution in [1.29, 1.82) is 0 Å². The first-order chi connectivity index (χ1) is 15.6. The van der Waals surface area contributed by atoms with Crippen LogP contribution in [0.1, 0.15) is 11.3 Å². The molecule has 3 aromatic carbocycles. The summed E-state index contributed by atoms with van der Waals surface area (Å²) in [4.78, 5) is 12.6. The highest BCUT2D eigenvalue weighted by Crippen LogP contribution is 2.35. The molecule has 0 aliphatic carbocycles. The lowest BCUT2D eigenvalue weighted by Crippen LogP contribution is -2.42. The Morgan fingerprint density at radius 3 is 2.56 bits per heavy atom. The second kappa shape index (κ2) is 8.36. The van der Waals surface area contributed by atoms with Crippen LogP contribution in [0.25, 0.3) is 16.5 Å². The van der Waals surface area contributed by atoms with E-state index >= 15 is 0 Å². The average Bonchev–Trinajstić information content (AvgIpc) is 3.11. The number of carbonyl (C=O) groups excluding carboxylic acids is 1. The van der Waals surface area contributed by atoms with Crippen molar-refractivity contribution in [3.63, 3.8) is 0 Å². The third-order valence-corrected chi connectivity index (χ3v) is 5.54. The lowest BCUT2D eigenvalue weighted by Gasteiger charge is -2.25. The number of ether oxygens (including phenoxy) is 2. The van der Waals surface area contributed by atoms with E-state index in [9.17, 15) is 4.79 Å². The van der Waals surface area contributed by atoms with Crippen LogP contribution in [0.2, 0.25) is 5.15 Å². The summed E-state index contributed by atoms with van der Waals surface area (Å²) in [5.74, 6) is 0.735. The van der Waals surface area contributed by atoms with Crippen LogP contribution in [-0.4, -0.2) is 34.6 Å². The number of amides is 1. The van der Waals surface area contributed by atoms with E-state index in [0.29, 0.717) is 27.9 Å². The molecule has 0 spiro atoms. The molecule has 1 aromatic heterocycles. The van der Waals surface area contributed by atoms with Gasteiger partial charge in [0.25, 0.3) is 5.91 Å². The van der Waals surface area contributed by atoms with E-state index in [1.165, 1.54) is 6.21 Å². The van der Waals surface area contributed by atoms with Gasteiger partial charge in [-0.05, 0) is 42.0 Å². The smallest absolute Gasteiger partial charge is 0.284 e. The molecule has 32 heavy (non-hydrogen) atoms. The standard InChI is InChI=1S/C24H19ClN4O3/c1-15-19(23(25)29(28-15)18-9-3-2-4-10-18)13-26-27-24(30)22-14-31-20-11-16-7-5-6-8-17(16)12-21(20)32-22/h2-13,22H,14H2,1H3,(H,27,30)/b26-13+/t22-/m1/s1. The number of nitrogens with zero attached hydrogens (tertiary/aromatic N) is 3. The van der Waals surface area contributed by atoms with E-state index in [1.807, 2.05) is 73.7 Å². The Morgan fingerprint density at radius 1 is 1.12 bits per heavy atom. The second-order valence-corrected chi connectivity index (χ2v) is 7.69. The Labute approximate surface area is 189 Å². The maximum absolute atomic E-state index is 12.6. The molecule has 8 heteroatoms. The number of carbonyl (C=O) groups is 1. The number of aromatic nitrogens is 2. The molecule has 7 nitrogen and oxygen atoms in total. The van der Waals surface area contributed by atoms with Gasteiger partial charge in [0.1, 0.15) is 11.8 Å². The first-order valence-electron chi connectivity index (χ1n) is 10.1. The van der Waals surface area contributed by atoms with Gasteiger partial charge in [-0.2, -0.15) is 10.2 Å². The van der Waals surface area contributed by atoms with Crippen molar-refractivity contribution in [2.75, 3.05) is 6.61 Å². The molecule has 1 aliphatic heterocycles. The summed E-state index contributed by atoms with van der Waals surface area (Å²) in [5.41, 5.74) is 4.65. The van der Waals surface area contributed by atoms with Crippen molar-refractivity contribution in [2.24, 2.45) is 5.10 Å². The number of halogens is 1. The van der Waals surface area contributed by atoms with E-state index in [1.54, 1.807) is 4.68 Å². The van der Waals surface area contributed by atoms with Crippen LogP contribution in [-0.2, 0) is 4.79 Å². The Bertz CT molecular complexity index is 1330. The molecule has 0 saturated carbocycles. The normalized spacial score (nSPS) is 15.2.